The molecule has 0 spiro atoms. The van der Waals surface area contributed by atoms with Crippen LogP contribution in [0.1, 0.15) is 17.5 Å². The lowest BCUT2D eigenvalue weighted by molar-refractivity contribution is -0.903. The van der Waals surface area contributed by atoms with Gasteiger partial charge in [0.2, 0.25) is 0 Å². The topological polar surface area (TPSA) is 54.4 Å². The van der Waals surface area contributed by atoms with Crippen LogP contribution in [0.3, 0.4) is 0 Å². The summed E-state index contributed by atoms with van der Waals surface area (Å²) in [5.41, 5.74) is 2.29. The monoisotopic (exact) mass is 284 g/mol. The van der Waals surface area contributed by atoms with E-state index >= 15 is 0 Å². The van der Waals surface area contributed by atoms with Gasteiger partial charge in [0.1, 0.15) is 6.54 Å². The van der Waals surface area contributed by atoms with Crippen molar-refractivity contribution in [2.45, 2.75) is 13.0 Å². The molecule has 106 valence electrons. The normalized spacial score (nSPS) is 12.4. The Balaban J connectivity index is 2.66. The molecule has 0 aliphatic carbocycles. The first-order valence-corrected chi connectivity index (χ1v) is 7.82. The van der Waals surface area contributed by atoms with Crippen molar-refractivity contribution in [1.82, 2.24) is 0 Å². The van der Waals surface area contributed by atoms with Crippen molar-refractivity contribution in [3.8, 4) is 0 Å². The maximum Gasteiger partial charge on any atom is 0.265 e. The summed E-state index contributed by atoms with van der Waals surface area (Å²) in [5, 5.41) is 0. The maximum atomic E-state index is 10.7. The van der Waals surface area contributed by atoms with Gasteiger partial charge >= 0.3 is 0 Å². The molecule has 0 bridgehead atoms. The van der Waals surface area contributed by atoms with Crippen LogP contribution in [-0.4, -0.2) is 43.8 Å². The molecule has 1 aromatic rings. The van der Waals surface area contributed by atoms with Gasteiger partial charge < -0.3 is 4.48 Å². The Kier molecular flexibility index (Phi) is 5.29. The van der Waals surface area contributed by atoms with E-state index in [-0.39, 0.29) is 5.75 Å². The van der Waals surface area contributed by atoms with Gasteiger partial charge in [0.15, 0.2) is 0 Å². The van der Waals surface area contributed by atoms with E-state index in [4.69, 9.17) is 4.55 Å². The van der Waals surface area contributed by atoms with Gasteiger partial charge in [-0.1, -0.05) is 36.9 Å². The highest BCUT2D eigenvalue weighted by Gasteiger charge is 2.18. The van der Waals surface area contributed by atoms with Gasteiger partial charge in [-0.3, -0.25) is 4.55 Å². The Morgan fingerprint density at radius 2 is 1.95 bits per heavy atom. The molecule has 0 unspecified atom stereocenters. The van der Waals surface area contributed by atoms with Crippen molar-refractivity contribution in [3.63, 3.8) is 0 Å². The Bertz CT molecular complexity index is 535. The van der Waals surface area contributed by atoms with Gasteiger partial charge in [0.05, 0.1) is 26.4 Å². The summed E-state index contributed by atoms with van der Waals surface area (Å²) in [7, 11) is 0.233. The van der Waals surface area contributed by atoms with Gasteiger partial charge in [-0.15, -0.1) is 0 Å². The fourth-order valence-corrected chi connectivity index (χ4v) is 2.59. The minimum absolute atomic E-state index is 0.183. The zero-order valence-electron chi connectivity index (χ0n) is 11.5. The lowest BCUT2D eigenvalue weighted by atomic mass is 10.1. The van der Waals surface area contributed by atoms with E-state index in [1.54, 1.807) is 0 Å². The van der Waals surface area contributed by atoms with Crippen molar-refractivity contribution in [1.29, 1.82) is 0 Å². The van der Waals surface area contributed by atoms with E-state index in [0.29, 0.717) is 17.4 Å². The lowest BCUT2D eigenvalue weighted by Gasteiger charge is -2.30. The molecule has 0 aromatic heterocycles. The predicted octanol–water partition coefficient (Wildman–Crippen LogP) is 2.18. The zero-order valence-corrected chi connectivity index (χ0v) is 12.4. The highest BCUT2D eigenvalue weighted by atomic mass is 32.2. The lowest BCUT2D eigenvalue weighted by Crippen LogP contribution is -2.40. The van der Waals surface area contributed by atoms with Crippen LogP contribution in [0.5, 0.6) is 0 Å². The van der Waals surface area contributed by atoms with Gasteiger partial charge in [-0.05, 0) is 5.56 Å². The first-order chi connectivity index (χ1) is 8.73. The molecule has 5 heteroatoms. The zero-order chi connectivity index (χ0) is 14.5. The van der Waals surface area contributed by atoms with Crippen molar-refractivity contribution in [3.05, 3.63) is 42.0 Å². The molecule has 19 heavy (non-hydrogen) atoms. The minimum Gasteiger partial charge on any atom is -0.325 e. The smallest absolute Gasteiger partial charge is 0.265 e. The Labute approximate surface area is 115 Å². The second-order valence-corrected chi connectivity index (χ2v) is 6.93. The first-order valence-electron chi connectivity index (χ1n) is 6.21. The molecular formula is C14H22NO3S+. The summed E-state index contributed by atoms with van der Waals surface area (Å²) in [4.78, 5) is 0. The van der Waals surface area contributed by atoms with Crippen LogP contribution in [0.4, 0.5) is 0 Å². The molecule has 4 nitrogen and oxygen atoms in total. The molecule has 1 aromatic carbocycles. The van der Waals surface area contributed by atoms with Crippen LogP contribution in [-0.2, 0) is 16.7 Å². The van der Waals surface area contributed by atoms with Crippen LogP contribution in [0.25, 0.3) is 6.08 Å². The quantitative estimate of drug-likeness (QED) is 0.617. The summed E-state index contributed by atoms with van der Waals surface area (Å²) in [6.45, 7) is 5.28. The van der Waals surface area contributed by atoms with Gasteiger partial charge in [-0.2, -0.15) is 8.42 Å². The predicted molar refractivity (Wildman–Crippen MR) is 78.2 cm³/mol. The molecule has 0 aliphatic rings. The molecule has 0 saturated carbocycles. The molecule has 0 aliphatic heterocycles. The van der Waals surface area contributed by atoms with Crippen molar-refractivity contribution >= 4 is 16.2 Å². The summed E-state index contributed by atoms with van der Waals surface area (Å²) in [6.07, 6.45) is 2.27. The van der Waals surface area contributed by atoms with Crippen LogP contribution in [0.2, 0.25) is 0 Å². The van der Waals surface area contributed by atoms with Crippen LogP contribution < -0.4 is 0 Å². The highest BCUT2D eigenvalue weighted by molar-refractivity contribution is 7.85. The standard InChI is InChI=1S/C14H21NO3S/c1-4-13-8-5-6-9-14(13)12-15(2,3)10-7-11-19(16,17)18/h4-6,8-9H,1,7,10-12H2,2-3H3/p+1. The van der Waals surface area contributed by atoms with E-state index < -0.39 is 10.1 Å². The fraction of sp³-hybridized carbons (Fsp3) is 0.429. The van der Waals surface area contributed by atoms with E-state index in [9.17, 15) is 8.42 Å². The number of quaternary nitrogens is 1. The van der Waals surface area contributed by atoms with Crippen molar-refractivity contribution in [2.75, 3.05) is 26.4 Å². The third-order valence-corrected chi connectivity index (χ3v) is 3.84. The van der Waals surface area contributed by atoms with Crippen molar-refractivity contribution in [2.24, 2.45) is 0 Å². The minimum atomic E-state index is -3.86. The molecule has 0 atom stereocenters. The number of benzene rings is 1. The van der Waals surface area contributed by atoms with Crippen LogP contribution in [0.15, 0.2) is 30.8 Å². The molecular weight excluding hydrogens is 262 g/mol. The van der Waals surface area contributed by atoms with Crippen molar-refractivity contribution < 1.29 is 17.5 Å². The second-order valence-electron chi connectivity index (χ2n) is 5.36. The average molecular weight is 284 g/mol. The summed E-state index contributed by atoms with van der Waals surface area (Å²) in [6, 6.07) is 8.03. The molecule has 0 fully saturated rings. The number of nitrogens with zero attached hydrogens (tertiary/aromatic N) is 1. The Hall–Kier alpha value is -1.17. The number of hydrogen-bond donors (Lipinski definition) is 1. The third kappa shape index (κ3) is 6.00. The van der Waals surface area contributed by atoms with Gasteiger partial charge in [0.25, 0.3) is 10.1 Å². The van der Waals surface area contributed by atoms with Gasteiger partial charge in [-0.25, -0.2) is 0 Å². The van der Waals surface area contributed by atoms with E-state index in [1.165, 1.54) is 5.56 Å². The van der Waals surface area contributed by atoms with E-state index in [0.717, 1.165) is 12.1 Å². The summed E-state index contributed by atoms with van der Waals surface area (Å²) >= 11 is 0. The number of rotatable bonds is 7. The van der Waals surface area contributed by atoms with Gasteiger partial charge in [0, 0.05) is 12.0 Å². The average Bonchev–Trinajstić information content (AvgIpc) is 2.27. The first kappa shape index (κ1) is 15.9. The maximum absolute atomic E-state index is 10.7. The third-order valence-electron chi connectivity index (χ3n) is 3.04. The highest BCUT2D eigenvalue weighted by Crippen LogP contribution is 2.16. The molecule has 0 radical (unpaired) electrons. The fourth-order valence-electron chi connectivity index (χ4n) is 2.09. The van der Waals surface area contributed by atoms with E-state index in [1.807, 2.05) is 38.4 Å². The molecule has 1 N–H and O–H groups in total. The van der Waals surface area contributed by atoms with Crippen LogP contribution >= 0.6 is 0 Å². The molecule has 0 amide bonds. The summed E-state index contributed by atoms with van der Waals surface area (Å²) < 4.78 is 30.8. The molecule has 0 saturated heterocycles. The SMILES string of the molecule is C=Cc1ccccc1C[N+](C)(C)CCCS(=O)(=O)O. The van der Waals surface area contributed by atoms with Crippen LogP contribution in [0, 0.1) is 0 Å². The Morgan fingerprint density at radius 1 is 1.32 bits per heavy atom. The molecule has 1 rings (SSSR count). The second kappa shape index (κ2) is 6.32. The summed E-state index contributed by atoms with van der Waals surface area (Å²) in [5.74, 6) is -0.183. The Morgan fingerprint density at radius 3 is 2.53 bits per heavy atom. The number of hydrogen-bond acceptors (Lipinski definition) is 2. The molecule has 0 heterocycles. The van der Waals surface area contributed by atoms with E-state index in [2.05, 4.69) is 12.6 Å². The largest absolute Gasteiger partial charge is 0.325 e.